The molecule has 120 valence electrons. The quantitative estimate of drug-likeness (QED) is 0.814. The first kappa shape index (κ1) is 15.9. The molecule has 0 spiro atoms. The molecule has 1 aliphatic carbocycles. The van der Waals surface area contributed by atoms with Crippen molar-refractivity contribution in [2.24, 2.45) is 0 Å². The first-order valence-electron chi connectivity index (χ1n) is 7.88. The third-order valence-electron chi connectivity index (χ3n) is 4.79. The molecule has 24 heavy (non-hydrogen) atoms. The molecule has 1 aliphatic rings. The van der Waals surface area contributed by atoms with Gasteiger partial charge in [0.1, 0.15) is 11.5 Å². The maximum absolute atomic E-state index is 13.2. The highest BCUT2D eigenvalue weighted by atomic mass is 16.2. The Balaban J connectivity index is 2.35. The number of anilines is 1. The Morgan fingerprint density at radius 2 is 1.58 bits per heavy atom. The van der Waals surface area contributed by atoms with Crippen LogP contribution in [0.5, 0.6) is 0 Å². The van der Waals surface area contributed by atoms with E-state index in [0.717, 1.165) is 0 Å². The molecule has 0 amide bonds. The molecule has 0 unspecified atom stereocenters. The fourth-order valence-corrected chi connectivity index (χ4v) is 3.66. The van der Waals surface area contributed by atoms with Crippen molar-refractivity contribution in [3.63, 3.8) is 0 Å². The molecule has 0 radical (unpaired) electrons. The number of para-hydroxylation sites is 1. The van der Waals surface area contributed by atoms with Crippen molar-refractivity contribution in [3.05, 3.63) is 64.7 Å². The molecule has 0 atom stereocenters. The molecular formula is C20H18N2O2. The van der Waals surface area contributed by atoms with Crippen molar-refractivity contribution in [2.75, 3.05) is 19.0 Å². The molecule has 2 aromatic carbocycles. The molecule has 0 saturated heterocycles. The zero-order chi connectivity index (χ0) is 17.5. The second-order valence-electron chi connectivity index (χ2n) is 6.17. The summed E-state index contributed by atoms with van der Waals surface area (Å²) in [5.41, 5.74) is 1.39. The summed E-state index contributed by atoms with van der Waals surface area (Å²) >= 11 is 0. The molecule has 4 nitrogen and oxygen atoms in total. The second-order valence-corrected chi connectivity index (χ2v) is 6.17. The summed E-state index contributed by atoms with van der Waals surface area (Å²) in [4.78, 5) is 28.2. The van der Waals surface area contributed by atoms with Crippen molar-refractivity contribution < 1.29 is 9.59 Å². The van der Waals surface area contributed by atoms with E-state index in [2.05, 4.69) is 6.07 Å². The highest BCUT2D eigenvalue weighted by Crippen LogP contribution is 2.46. The number of fused-ring (bicyclic) bond motifs is 1. The van der Waals surface area contributed by atoms with Crippen LogP contribution in [0.15, 0.2) is 42.5 Å². The number of hydrogen-bond acceptors (Lipinski definition) is 4. The lowest BCUT2D eigenvalue weighted by Gasteiger charge is -2.30. The first-order chi connectivity index (χ1) is 11.5. The number of rotatable bonds is 3. The number of nitrogens with zero attached hydrogens (tertiary/aromatic N) is 2. The smallest absolute Gasteiger partial charge is 0.181 e. The van der Waals surface area contributed by atoms with Gasteiger partial charge in [-0.2, -0.15) is 5.26 Å². The summed E-state index contributed by atoms with van der Waals surface area (Å²) < 4.78 is 0. The zero-order valence-electron chi connectivity index (χ0n) is 14.0. The number of Topliss-reactive ketones (excluding diaryl/α,β-unsaturated/α-hetero) is 2. The maximum atomic E-state index is 13.2. The van der Waals surface area contributed by atoms with E-state index in [-0.39, 0.29) is 11.6 Å². The molecule has 0 bridgehead atoms. The molecule has 2 aromatic rings. The van der Waals surface area contributed by atoms with Crippen LogP contribution in [-0.2, 0) is 5.41 Å². The summed E-state index contributed by atoms with van der Waals surface area (Å²) in [7, 11) is 3.64. The number of nitriles is 1. The molecular weight excluding hydrogens is 300 g/mol. The fraction of sp³-hybridized carbons (Fsp3) is 0.250. The van der Waals surface area contributed by atoms with E-state index in [1.807, 2.05) is 21.0 Å². The van der Waals surface area contributed by atoms with Crippen LogP contribution in [0.4, 0.5) is 5.69 Å². The van der Waals surface area contributed by atoms with Crippen molar-refractivity contribution in [2.45, 2.75) is 18.8 Å². The summed E-state index contributed by atoms with van der Waals surface area (Å²) in [6, 6.07) is 14.4. The maximum Gasteiger partial charge on any atom is 0.181 e. The van der Waals surface area contributed by atoms with E-state index in [1.54, 1.807) is 47.4 Å². The Kier molecular flexibility index (Phi) is 3.73. The Labute approximate surface area is 141 Å². The Morgan fingerprint density at radius 1 is 1.00 bits per heavy atom. The number of hydrogen-bond donors (Lipinski definition) is 0. The average Bonchev–Trinajstić information content (AvgIpc) is 2.83. The minimum absolute atomic E-state index is 0.177. The van der Waals surface area contributed by atoms with Gasteiger partial charge >= 0.3 is 0 Å². The van der Waals surface area contributed by atoms with Crippen LogP contribution >= 0.6 is 0 Å². The van der Waals surface area contributed by atoms with Gasteiger partial charge in [-0.1, -0.05) is 43.3 Å². The van der Waals surface area contributed by atoms with Gasteiger partial charge in [0, 0.05) is 25.2 Å². The third kappa shape index (κ3) is 1.91. The molecule has 0 heterocycles. The topological polar surface area (TPSA) is 61.2 Å². The van der Waals surface area contributed by atoms with Gasteiger partial charge in [0.05, 0.1) is 11.3 Å². The molecule has 3 rings (SSSR count). The second kappa shape index (κ2) is 5.61. The number of carbonyl (C=O) groups is 2. The highest BCUT2D eigenvalue weighted by Gasteiger charge is 2.54. The van der Waals surface area contributed by atoms with E-state index >= 15 is 0 Å². The average molecular weight is 318 g/mol. The number of benzene rings is 2. The van der Waals surface area contributed by atoms with Gasteiger partial charge in [0.2, 0.25) is 0 Å². The number of carbonyl (C=O) groups excluding carboxylic acids is 2. The van der Waals surface area contributed by atoms with Gasteiger partial charge < -0.3 is 4.90 Å². The van der Waals surface area contributed by atoms with Crippen molar-refractivity contribution in [1.82, 2.24) is 0 Å². The largest absolute Gasteiger partial charge is 0.376 e. The molecule has 0 N–H and O–H groups in total. The highest BCUT2D eigenvalue weighted by molar-refractivity contribution is 6.33. The lowest BCUT2D eigenvalue weighted by atomic mass is 9.72. The molecule has 0 aromatic heterocycles. The molecule has 0 saturated carbocycles. The Morgan fingerprint density at radius 3 is 2.04 bits per heavy atom. The summed E-state index contributed by atoms with van der Waals surface area (Å²) in [6.45, 7) is 1.85. The standard InChI is InChI=1S/C20H18N2O2/c1-4-20(16-11-7-8-13(12-21)17(16)22(2)3)18(23)14-9-5-6-10-15(14)19(20)24/h5-11H,4H2,1-3H3. The predicted molar refractivity (Wildman–Crippen MR) is 92.6 cm³/mol. The van der Waals surface area contributed by atoms with Crippen LogP contribution in [0.25, 0.3) is 0 Å². The van der Waals surface area contributed by atoms with Gasteiger partial charge in [0.25, 0.3) is 0 Å². The van der Waals surface area contributed by atoms with Gasteiger partial charge in [0.15, 0.2) is 11.6 Å². The Bertz CT molecular complexity index is 856. The predicted octanol–water partition coefficient (Wildman–Crippen LogP) is 3.35. The minimum Gasteiger partial charge on any atom is -0.376 e. The van der Waals surface area contributed by atoms with E-state index in [0.29, 0.717) is 34.4 Å². The van der Waals surface area contributed by atoms with E-state index < -0.39 is 5.41 Å². The lowest BCUT2D eigenvalue weighted by molar-refractivity contribution is 0.0789. The summed E-state index contributed by atoms with van der Waals surface area (Å²) in [6.07, 6.45) is 0.356. The van der Waals surface area contributed by atoms with E-state index in [9.17, 15) is 14.9 Å². The molecule has 4 heteroatoms. The molecule has 0 fully saturated rings. The van der Waals surface area contributed by atoms with Crippen LogP contribution in [0.3, 0.4) is 0 Å². The number of ketones is 2. The SMILES string of the molecule is CCC1(c2cccc(C#N)c2N(C)C)C(=O)c2ccccc2C1=O. The van der Waals surface area contributed by atoms with E-state index in [4.69, 9.17) is 0 Å². The van der Waals surface area contributed by atoms with Gasteiger partial charge in [-0.15, -0.1) is 0 Å². The third-order valence-corrected chi connectivity index (χ3v) is 4.79. The zero-order valence-corrected chi connectivity index (χ0v) is 14.0. The monoisotopic (exact) mass is 318 g/mol. The Hall–Kier alpha value is -2.93. The van der Waals surface area contributed by atoms with Gasteiger partial charge in [-0.25, -0.2) is 0 Å². The van der Waals surface area contributed by atoms with Crippen LogP contribution in [-0.4, -0.2) is 25.7 Å². The molecule has 0 aliphatic heterocycles. The fourth-order valence-electron chi connectivity index (χ4n) is 3.66. The minimum atomic E-state index is -1.25. The van der Waals surface area contributed by atoms with Gasteiger partial charge in [-0.3, -0.25) is 9.59 Å². The van der Waals surface area contributed by atoms with Crippen LogP contribution in [0.1, 0.15) is 45.2 Å². The van der Waals surface area contributed by atoms with E-state index in [1.165, 1.54) is 0 Å². The van der Waals surface area contributed by atoms with Crippen molar-refractivity contribution in [1.29, 1.82) is 5.26 Å². The first-order valence-corrected chi connectivity index (χ1v) is 7.88. The normalized spacial score (nSPS) is 15.1. The van der Waals surface area contributed by atoms with Gasteiger partial charge in [-0.05, 0) is 18.1 Å². The van der Waals surface area contributed by atoms with Crippen molar-refractivity contribution in [3.8, 4) is 6.07 Å². The summed E-state index contributed by atoms with van der Waals surface area (Å²) in [5, 5.41) is 9.45. The van der Waals surface area contributed by atoms with Crippen LogP contribution in [0, 0.1) is 11.3 Å². The van der Waals surface area contributed by atoms with Crippen LogP contribution < -0.4 is 4.90 Å². The summed E-state index contributed by atoms with van der Waals surface area (Å²) in [5.74, 6) is -0.354. The van der Waals surface area contributed by atoms with Crippen molar-refractivity contribution >= 4 is 17.3 Å². The lowest BCUT2D eigenvalue weighted by Crippen LogP contribution is -2.39. The van der Waals surface area contributed by atoms with Crippen LogP contribution in [0.2, 0.25) is 0 Å².